The molecule has 39 heavy (non-hydrogen) atoms. The van der Waals surface area contributed by atoms with Gasteiger partial charge in [0.15, 0.2) is 0 Å². The second-order valence-electron chi connectivity index (χ2n) is 10.1. The number of hydrogen-bond acceptors (Lipinski definition) is 5. The molecule has 0 unspecified atom stereocenters. The fourth-order valence-corrected chi connectivity index (χ4v) is 4.04. The number of ether oxygens (including phenoxy) is 2. The van der Waals surface area contributed by atoms with Crippen molar-refractivity contribution in [1.29, 1.82) is 0 Å². The van der Waals surface area contributed by atoms with Gasteiger partial charge in [-0.2, -0.15) is 0 Å². The van der Waals surface area contributed by atoms with Crippen LogP contribution in [0.15, 0.2) is 72.8 Å². The van der Waals surface area contributed by atoms with Gasteiger partial charge in [-0.15, -0.1) is 0 Å². The first kappa shape index (κ1) is 27.6. The molecule has 0 aliphatic carbocycles. The minimum absolute atomic E-state index is 0.0149. The molecule has 1 saturated heterocycles. The Morgan fingerprint density at radius 2 is 1.49 bits per heavy atom. The third-order valence-corrected chi connectivity index (χ3v) is 5.91. The standard InChI is InChI=1S/C29H29F2N3O5/c1-29(2,3)39-28(37)34-16-24(33-27(36)32-23-7-5-4-6-22(23)31)25(17-34)38-26(35)20-10-8-18(9-11-20)19-12-14-21(30)15-13-19/h4-15,24-25H,16-17H2,1-3H3,(H2,32,33,36)/t24-,25-/m0/s1. The van der Waals surface area contributed by atoms with Crippen molar-refractivity contribution in [3.8, 4) is 11.1 Å². The summed E-state index contributed by atoms with van der Waals surface area (Å²) in [6.07, 6.45) is -1.51. The topological polar surface area (TPSA) is 97.0 Å². The summed E-state index contributed by atoms with van der Waals surface area (Å²) in [7, 11) is 0. The average Bonchev–Trinajstić information content (AvgIpc) is 3.27. The molecule has 3 aromatic carbocycles. The summed E-state index contributed by atoms with van der Waals surface area (Å²) in [5.41, 5.74) is 1.06. The van der Waals surface area contributed by atoms with Crippen LogP contribution in [0.1, 0.15) is 31.1 Å². The smallest absolute Gasteiger partial charge is 0.410 e. The van der Waals surface area contributed by atoms with Crippen LogP contribution in [0.2, 0.25) is 0 Å². The highest BCUT2D eigenvalue weighted by molar-refractivity contribution is 5.91. The molecule has 1 fully saturated rings. The molecular weight excluding hydrogens is 508 g/mol. The number of carbonyl (C=O) groups excluding carboxylic acids is 3. The normalized spacial score (nSPS) is 16.9. The number of nitrogens with one attached hydrogen (secondary N) is 2. The number of para-hydroxylation sites is 1. The number of benzene rings is 3. The minimum Gasteiger partial charge on any atom is -0.455 e. The number of likely N-dealkylation sites (tertiary alicyclic amines) is 1. The number of hydrogen-bond donors (Lipinski definition) is 2. The van der Waals surface area contributed by atoms with Crippen LogP contribution in [0.3, 0.4) is 0 Å². The number of halogens is 2. The lowest BCUT2D eigenvalue weighted by Crippen LogP contribution is -2.46. The van der Waals surface area contributed by atoms with Crippen molar-refractivity contribution in [2.75, 3.05) is 18.4 Å². The fraction of sp³-hybridized carbons (Fsp3) is 0.276. The van der Waals surface area contributed by atoms with E-state index in [-0.39, 0.29) is 30.2 Å². The Labute approximate surface area is 224 Å². The zero-order valence-electron chi connectivity index (χ0n) is 21.7. The van der Waals surface area contributed by atoms with Crippen molar-refractivity contribution < 1.29 is 32.6 Å². The highest BCUT2D eigenvalue weighted by Gasteiger charge is 2.40. The van der Waals surface area contributed by atoms with E-state index in [1.807, 2.05) is 0 Å². The molecule has 0 bridgehead atoms. The van der Waals surface area contributed by atoms with Crippen molar-refractivity contribution in [1.82, 2.24) is 10.2 Å². The maximum atomic E-state index is 14.0. The zero-order valence-corrected chi connectivity index (χ0v) is 21.7. The van der Waals surface area contributed by atoms with Crippen LogP contribution < -0.4 is 10.6 Å². The molecule has 0 spiro atoms. The molecule has 0 radical (unpaired) electrons. The predicted molar refractivity (Wildman–Crippen MR) is 141 cm³/mol. The van der Waals surface area contributed by atoms with Crippen LogP contribution in [0, 0.1) is 11.6 Å². The molecule has 10 heteroatoms. The molecule has 4 rings (SSSR count). The number of esters is 1. The van der Waals surface area contributed by atoms with E-state index in [2.05, 4.69) is 10.6 Å². The van der Waals surface area contributed by atoms with E-state index < -0.39 is 41.7 Å². The quantitative estimate of drug-likeness (QED) is 0.413. The van der Waals surface area contributed by atoms with Gasteiger partial charge in [0, 0.05) is 6.54 Å². The Morgan fingerprint density at radius 3 is 2.10 bits per heavy atom. The summed E-state index contributed by atoms with van der Waals surface area (Å²) < 4.78 is 38.3. The monoisotopic (exact) mass is 537 g/mol. The highest BCUT2D eigenvalue weighted by Crippen LogP contribution is 2.23. The van der Waals surface area contributed by atoms with E-state index in [1.54, 1.807) is 63.2 Å². The number of nitrogens with zero attached hydrogens (tertiary/aromatic N) is 1. The summed E-state index contributed by atoms with van der Waals surface area (Å²) in [6.45, 7) is 5.18. The molecule has 3 amide bonds. The van der Waals surface area contributed by atoms with Gasteiger partial charge in [0.2, 0.25) is 0 Å². The molecule has 3 aromatic rings. The van der Waals surface area contributed by atoms with E-state index in [9.17, 15) is 23.2 Å². The number of rotatable bonds is 5. The van der Waals surface area contributed by atoms with Crippen LogP contribution in [0.4, 0.5) is 24.1 Å². The Kier molecular flexibility index (Phi) is 8.13. The van der Waals surface area contributed by atoms with E-state index in [4.69, 9.17) is 9.47 Å². The molecule has 2 atom stereocenters. The van der Waals surface area contributed by atoms with E-state index in [1.165, 1.54) is 35.2 Å². The van der Waals surface area contributed by atoms with Gasteiger partial charge in [0.05, 0.1) is 23.8 Å². The molecule has 204 valence electrons. The zero-order chi connectivity index (χ0) is 28.2. The lowest BCUT2D eigenvalue weighted by molar-refractivity contribution is 0.0180. The molecule has 8 nitrogen and oxygen atoms in total. The Balaban J connectivity index is 1.46. The van der Waals surface area contributed by atoms with E-state index in [0.29, 0.717) is 0 Å². The molecule has 2 N–H and O–H groups in total. The lowest BCUT2D eigenvalue weighted by Gasteiger charge is -2.24. The van der Waals surface area contributed by atoms with Gasteiger partial charge in [-0.25, -0.2) is 23.2 Å². The van der Waals surface area contributed by atoms with Gasteiger partial charge in [-0.1, -0.05) is 36.4 Å². The Bertz CT molecular complexity index is 1340. The van der Waals surface area contributed by atoms with Gasteiger partial charge >= 0.3 is 18.1 Å². The van der Waals surface area contributed by atoms with E-state index in [0.717, 1.165) is 11.1 Å². The van der Waals surface area contributed by atoms with Crippen LogP contribution in [-0.4, -0.2) is 53.8 Å². The molecule has 1 heterocycles. The summed E-state index contributed by atoms with van der Waals surface area (Å²) in [6, 6.07) is 16.7. The Hall–Kier alpha value is -4.47. The lowest BCUT2D eigenvalue weighted by atomic mass is 10.0. The summed E-state index contributed by atoms with van der Waals surface area (Å²) in [5.74, 6) is -1.61. The van der Waals surface area contributed by atoms with E-state index >= 15 is 0 Å². The summed E-state index contributed by atoms with van der Waals surface area (Å²) in [4.78, 5) is 39.6. The van der Waals surface area contributed by atoms with Crippen molar-refractivity contribution >= 4 is 23.8 Å². The van der Waals surface area contributed by atoms with Crippen LogP contribution in [0.25, 0.3) is 11.1 Å². The first-order chi connectivity index (χ1) is 18.5. The maximum absolute atomic E-state index is 14.0. The van der Waals surface area contributed by atoms with Crippen molar-refractivity contribution in [3.05, 3.63) is 90.0 Å². The molecule has 1 aliphatic rings. The van der Waals surface area contributed by atoms with Gasteiger partial charge in [0.1, 0.15) is 23.3 Å². The summed E-state index contributed by atoms with van der Waals surface area (Å²) in [5, 5.41) is 5.10. The van der Waals surface area contributed by atoms with Crippen LogP contribution >= 0.6 is 0 Å². The van der Waals surface area contributed by atoms with Gasteiger partial charge in [0.25, 0.3) is 0 Å². The third kappa shape index (κ3) is 7.31. The van der Waals surface area contributed by atoms with Crippen molar-refractivity contribution in [2.24, 2.45) is 0 Å². The first-order valence-corrected chi connectivity index (χ1v) is 12.4. The Morgan fingerprint density at radius 1 is 0.872 bits per heavy atom. The SMILES string of the molecule is CC(C)(C)OC(=O)N1C[C@H](NC(=O)Nc2ccccc2F)[C@@H](OC(=O)c2ccc(-c3ccc(F)cc3)cc2)C1. The summed E-state index contributed by atoms with van der Waals surface area (Å²) >= 11 is 0. The average molecular weight is 538 g/mol. The largest absolute Gasteiger partial charge is 0.455 e. The van der Waals surface area contributed by atoms with Gasteiger partial charge < -0.3 is 25.0 Å². The van der Waals surface area contributed by atoms with Crippen molar-refractivity contribution in [2.45, 2.75) is 38.5 Å². The number of anilines is 1. The van der Waals surface area contributed by atoms with Gasteiger partial charge in [-0.3, -0.25) is 0 Å². The highest BCUT2D eigenvalue weighted by atomic mass is 19.1. The molecular formula is C29H29F2N3O5. The van der Waals surface area contributed by atoms with Crippen LogP contribution in [-0.2, 0) is 9.47 Å². The molecule has 0 aromatic heterocycles. The molecule has 1 aliphatic heterocycles. The fourth-order valence-electron chi connectivity index (χ4n) is 4.04. The third-order valence-electron chi connectivity index (χ3n) is 5.91. The van der Waals surface area contributed by atoms with Gasteiger partial charge in [-0.05, 0) is 68.3 Å². The molecule has 0 saturated carbocycles. The second-order valence-corrected chi connectivity index (χ2v) is 10.1. The number of carbonyl (C=O) groups is 3. The minimum atomic E-state index is -0.895. The first-order valence-electron chi connectivity index (χ1n) is 12.4. The van der Waals surface area contributed by atoms with Crippen LogP contribution in [0.5, 0.6) is 0 Å². The number of amides is 3. The predicted octanol–water partition coefficient (Wildman–Crippen LogP) is 5.60. The maximum Gasteiger partial charge on any atom is 0.410 e. The number of urea groups is 1. The van der Waals surface area contributed by atoms with Crippen molar-refractivity contribution in [3.63, 3.8) is 0 Å². The second kappa shape index (κ2) is 11.5.